The van der Waals surface area contributed by atoms with Crippen molar-refractivity contribution in [3.05, 3.63) is 35.4 Å². The number of alkyl halides is 3. The summed E-state index contributed by atoms with van der Waals surface area (Å²) < 4.78 is 42.5. The van der Waals surface area contributed by atoms with E-state index in [1.165, 1.54) is 0 Å². The zero-order valence-corrected chi connectivity index (χ0v) is 18.2. The minimum atomic E-state index is -4.32. The zero-order chi connectivity index (χ0) is 22.8. The standard InChI is InChI=1S/C21H28F3N5O2/c1-13(2)19-20(30)27-18-14(3)26-16(9-17(18)28(19)4)6-5-15-10-25-29(11-15)7-8-31-12-21(22,23)24/h9-11,13,19H,5-8,12H2,1-4H3,(H,27,30)/t19-/m0/s1. The molecular weight excluding hydrogens is 411 g/mol. The summed E-state index contributed by atoms with van der Waals surface area (Å²) in [5.41, 5.74) is 4.35. The average Bonchev–Trinajstić information content (AvgIpc) is 3.11. The van der Waals surface area contributed by atoms with Gasteiger partial charge in [-0.1, -0.05) is 13.8 Å². The average molecular weight is 439 g/mol. The van der Waals surface area contributed by atoms with E-state index in [0.29, 0.717) is 12.8 Å². The van der Waals surface area contributed by atoms with Gasteiger partial charge < -0.3 is 15.0 Å². The molecule has 1 amide bonds. The van der Waals surface area contributed by atoms with Crippen LogP contribution in [-0.4, -0.2) is 53.2 Å². The minimum absolute atomic E-state index is 0.0192. The fourth-order valence-electron chi connectivity index (χ4n) is 3.83. The van der Waals surface area contributed by atoms with E-state index in [0.717, 1.165) is 28.3 Å². The van der Waals surface area contributed by atoms with E-state index in [-0.39, 0.29) is 31.0 Å². The molecule has 10 heteroatoms. The van der Waals surface area contributed by atoms with Crippen LogP contribution < -0.4 is 10.2 Å². The molecular formula is C21H28F3N5O2. The van der Waals surface area contributed by atoms with Crippen LogP contribution in [0.4, 0.5) is 24.5 Å². The second kappa shape index (κ2) is 9.25. The molecule has 0 unspecified atom stereocenters. The number of nitrogens with one attached hydrogen (secondary N) is 1. The maximum absolute atomic E-state index is 12.4. The molecule has 2 aromatic heterocycles. The Hall–Kier alpha value is -2.62. The summed E-state index contributed by atoms with van der Waals surface area (Å²) in [6, 6.07) is 1.77. The SMILES string of the molecule is Cc1nc(CCc2cnn(CCOCC(F)(F)F)c2)cc2c1NC(=O)[C@H](C(C)C)N2C. The Bertz CT molecular complexity index is 926. The van der Waals surface area contributed by atoms with Gasteiger partial charge in [0, 0.05) is 18.9 Å². The van der Waals surface area contributed by atoms with E-state index in [1.807, 2.05) is 45.0 Å². The van der Waals surface area contributed by atoms with E-state index in [2.05, 4.69) is 20.1 Å². The lowest BCUT2D eigenvalue weighted by atomic mass is 9.97. The number of ether oxygens (including phenoxy) is 1. The third-order valence-corrected chi connectivity index (χ3v) is 5.27. The van der Waals surface area contributed by atoms with Gasteiger partial charge in [-0.3, -0.25) is 14.5 Å². The van der Waals surface area contributed by atoms with Gasteiger partial charge in [0.1, 0.15) is 12.6 Å². The number of carbonyl (C=O) groups excluding carboxylic acids is 1. The highest BCUT2D eigenvalue weighted by Crippen LogP contribution is 2.35. The van der Waals surface area contributed by atoms with E-state index in [4.69, 9.17) is 0 Å². The van der Waals surface area contributed by atoms with Crippen LogP contribution >= 0.6 is 0 Å². The van der Waals surface area contributed by atoms with Crippen molar-refractivity contribution in [1.29, 1.82) is 0 Å². The smallest absolute Gasteiger partial charge is 0.370 e. The van der Waals surface area contributed by atoms with Crippen LogP contribution in [0.5, 0.6) is 0 Å². The summed E-state index contributed by atoms with van der Waals surface area (Å²) in [6.45, 7) is 4.87. The van der Waals surface area contributed by atoms with E-state index in [9.17, 15) is 18.0 Å². The Balaban J connectivity index is 1.61. The largest absolute Gasteiger partial charge is 0.411 e. The Morgan fingerprint density at radius 3 is 2.71 bits per heavy atom. The normalized spacial score (nSPS) is 16.6. The van der Waals surface area contributed by atoms with E-state index in [1.54, 1.807) is 10.9 Å². The molecule has 1 N–H and O–H groups in total. The summed E-state index contributed by atoms with van der Waals surface area (Å²) in [6.07, 6.45) is 0.567. The van der Waals surface area contributed by atoms with E-state index < -0.39 is 12.8 Å². The van der Waals surface area contributed by atoms with Gasteiger partial charge in [0.2, 0.25) is 5.91 Å². The van der Waals surface area contributed by atoms with Gasteiger partial charge in [0.25, 0.3) is 0 Å². The molecule has 0 aliphatic carbocycles. The van der Waals surface area contributed by atoms with Crippen LogP contribution in [0.1, 0.15) is 30.8 Å². The molecule has 0 fully saturated rings. The Morgan fingerprint density at radius 2 is 2.03 bits per heavy atom. The van der Waals surface area contributed by atoms with Crippen molar-refractivity contribution in [2.75, 3.05) is 30.5 Å². The number of halogens is 3. The number of likely N-dealkylation sites (N-methyl/N-ethyl adjacent to an activating group) is 1. The number of aryl methyl sites for hydroxylation is 3. The van der Waals surface area contributed by atoms with Crippen molar-refractivity contribution in [2.45, 2.75) is 52.4 Å². The number of rotatable bonds is 8. The molecule has 0 saturated carbocycles. The molecule has 0 spiro atoms. The highest BCUT2D eigenvalue weighted by Gasteiger charge is 2.34. The number of pyridine rings is 1. The van der Waals surface area contributed by atoms with Crippen LogP contribution in [0, 0.1) is 12.8 Å². The zero-order valence-electron chi connectivity index (χ0n) is 18.2. The number of amides is 1. The molecule has 1 aliphatic heterocycles. The Kier molecular flexibility index (Phi) is 6.88. The van der Waals surface area contributed by atoms with Crippen LogP contribution in [0.3, 0.4) is 0 Å². The molecule has 0 bridgehead atoms. The van der Waals surface area contributed by atoms with Crippen molar-refractivity contribution in [3.8, 4) is 0 Å². The highest BCUT2D eigenvalue weighted by molar-refractivity contribution is 6.04. The second-order valence-electron chi connectivity index (χ2n) is 8.16. The molecule has 0 radical (unpaired) electrons. The first-order valence-electron chi connectivity index (χ1n) is 10.2. The fraction of sp³-hybridized carbons (Fsp3) is 0.571. The van der Waals surface area contributed by atoms with Gasteiger partial charge >= 0.3 is 6.18 Å². The molecule has 31 heavy (non-hydrogen) atoms. The lowest BCUT2D eigenvalue weighted by Crippen LogP contribution is -2.49. The molecule has 170 valence electrons. The first-order chi connectivity index (χ1) is 14.5. The molecule has 1 aliphatic rings. The predicted octanol–water partition coefficient (Wildman–Crippen LogP) is 3.36. The summed E-state index contributed by atoms with van der Waals surface area (Å²) in [7, 11) is 1.93. The summed E-state index contributed by atoms with van der Waals surface area (Å²) in [5, 5.41) is 7.17. The number of aromatic nitrogens is 3. The summed E-state index contributed by atoms with van der Waals surface area (Å²) >= 11 is 0. The summed E-state index contributed by atoms with van der Waals surface area (Å²) in [4.78, 5) is 19.1. The molecule has 7 nitrogen and oxygen atoms in total. The van der Waals surface area contributed by atoms with Crippen molar-refractivity contribution in [3.63, 3.8) is 0 Å². The van der Waals surface area contributed by atoms with Crippen LogP contribution in [0.15, 0.2) is 18.5 Å². The molecule has 3 rings (SSSR count). The number of fused-ring (bicyclic) bond motifs is 1. The topological polar surface area (TPSA) is 72.3 Å². The van der Waals surface area contributed by atoms with Gasteiger partial charge in [0.15, 0.2) is 0 Å². The van der Waals surface area contributed by atoms with Crippen molar-refractivity contribution >= 4 is 17.3 Å². The number of anilines is 2. The van der Waals surface area contributed by atoms with Crippen LogP contribution in [0.25, 0.3) is 0 Å². The molecule has 2 aromatic rings. The number of hydrogen-bond acceptors (Lipinski definition) is 5. The van der Waals surface area contributed by atoms with Crippen LogP contribution in [-0.2, 0) is 28.9 Å². The Labute approximate surface area is 179 Å². The quantitative estimate of drug-likeness (QED) is 0.639. The van der Waals surface area contributed by atoms with Crippen LogP contribution in [0.2, 0.25) is 0 Å². The monoisotopic (exact) mass is 439 g/mol. The summed E-state index contributed by atoms with van der Waals surface area (Å²) in [5.74, 6) is 0.148. The van der Waals surface area contributed by atoms with Crippen molar-refractivity contribution in [2.24, 2.45) is 5.92 Å². The number of nitrogens with zero attached hydrogens (tertiary/aromatic N) is 4. The maximum atomic E-state index is 12.4. The first kappa shape index (κ1) is 23.1. The third kappa shape index (κ3) is 5.75. The number of hydrogen-bond donors (Lipinski definition) is 1. The van der Waals surface area contributed by atoms with Gasteiger partial charge in [-0.2, -0.15) is 18.3 Å². The first-order valence-corrected chi connectivity index (χ1v) is 10.2. The predicted molar refractivity (Wildman–Crippen MR) is 111 cm³/mol. The maximum Gasteiger partial charge on any atom is 0.411 e. The Morgan fingerprint density at radius 1 is 1.29 bits per heavy atom. The van der Waals surface area contributed by atoms with Gasteiger partial charge in [0.05, 0.1) is 36.4 Å². The highest BCUT2D eigenvalue weighted by atomic mass is 19.4. The van der Waals surface area contributed by atoms with Gasteiger partial charge in [-0.05, 0) is 37.3 Å². The van der Waals surface area contributed by atoms with Crippen molar-refractivity contribution in [1.82, 2.24) is 14.8 Å². The fourth-order valence-corrected chi connectivity index (χ4v) is 3.83. The third-order valence-electron chi connectivity index (χ3n) is 5.27. The minimum Gasteiger partial charge on any atom is -0.370 e. The lowest BCUT2D eigenvalue weighted by Gasteiger charge is -2.38. The second-order valence-corrected chi connectivity index (χ2v) is 8.16. The van der Waals surface area contributed by atoms with Gasteiger partial charge in [-0.15, -0.1) is 0 Å². The van der Waals surface area contributed by atoms with E-state index >= 15 is 0 Å². The molecule has 1 atom stereocenters. The number of carbonyl (C=O) groups is 1. The van der Waals surface area contributed by atoms with Gasteiger partial charge in [-0.25, -0.2) is 0 Å². The lowest BCUT2D eigenvalue weighted by molar-refractivity contribution is -0.174. The molecule has 0 aromatic carbocycles. The molecule has 0 saturated heterocycles. The van der Waals surface area contributed by atoms with Crippen molar-refractivity contribution < 1.29 is 22.7 Å². The molecule has 3 heterocycles.